The zero-order valence-corrected chi connectivity index (χ0v) is 22.5. The van der Waals surface area contributed by atoms with E-state index in [-0.39, 0.29) is 5.69 Å². The van der Waals surface area contributed by atoms with Gasteiger partial charge in [-0.15, -0.1) is 0 Å². The predicted octanol–water partition coefficient (Wildman–Crippen LogP) is 3.34. The number of carbonyl (C=O) groups excluding carboxylic acids is 2. The number of nitro groups is 1. The molecule has 216 valence electrons. The number of piperazine rings is 1. The molecule has 0 spiro atoms. The van der Waals surface area contributed by atoms with Crippen molar-refractivity contribution in [1.82, 2.24) is 9.88 Å². The number of carboxylic acids is 1. The van der Waals surface area contributed by atoms with E-state index in [1.54, 1.807) is 77.8 Å². The topological polar surface area (TPSA) is 189 Å². The zero-order chi connectivity index (χ0) is 30.2. The number of aromatic nitrogens is 1. The lowest BCUT2D eigenvalue weighted by atomic mass is 10.1. The average Bonchev–Trinajstić information content (AvgIpc) is 3.00. The summed E-state index contributed by atoms with van der Waals surface area (Å²) < 4.78 is 0. The van der Waals surface area contributed by atoms with Crippen molar-refractivity contribution in [3.05, 3.63) is 101 Å². The highest BCUT2D eigenvalue weighted by molar-refractivity contribution is 6.10. The summed E-state index contributed by atoms with van der Waals surface area (Å²) in [6.07, 6.45) is 1.60. The van der Waals surface area contributed by atoms with Crippen LogP contribution in [-0.4, -0.2) is 70.5 Å². The van der Waals surface area contributed by atoms with Crippen molar-refractivity contribution in [3.8, 4) is 0 Å². The molecule has 0 unspecified atom stereocenters. The molecular formula is C29H29N7O6. The number of nitrogens with two attached hydrogens (primary N) is 2. The summed E-state index contributed by atoms with van der Waals surface area (Å²) in [6.45, 7) is 2.09. The molecule has 0 saturated carbocycles. The van der Waals surface area contributed by atoms with Crippen LogP contribution < -0.4 is 21.3 Å². The molecule has 42 heavy (non-hydrogen) atoms. The number of rotatable bonds is 6. The number of para-hydroxylation sites is 1. The van der Waals surface area contributed by atoms with Gasteiger partial charge in [0.1, 0.15) is 12.4 Å². The van der Waals surface area contributed by atoms with Crippen molar-refractivity contribution < 1.29 is 24.4 Å². The number of urea groups is 1. The number of nitrogens with zero attached hydrogens (tertiary/aromatic N) is 5. The lowest BCUT2D eigenvalue weighted by molar-refractivity contribution is -0.384. The molecule has 1 saturated heterocycles. The van der Waals surface area contributed by atoms with E-state index in [0.29, 0.717) is 48.6 Å². The van der Waals surface area contributed by atoms with Gasteiger partial charge in [-0.2, -0.15) is 0 Å². The number of amides is 3. The molecule has 0 aliphatic carbocycles. The maximum atomic E-state index is 12.8. The van der Waals surface area contributed by atoms with Crippen molar-refractivity contribution >= 4 is 51.6 Å². The monoisotopic (exact) mass is 571 g/mol. The van der Waals surface area contributed by atoms with Gasteiger partial charge < -0.3 is 26.4 Å². The van der Waals surface area contributed by atoms with Crippen molar-refractivity contribution in [2.24, 2.45) is 5.73 Å². The Balaban J connectivity index is 0.000000201. The minimum absolute atomic E-state index is 0.0783. The smallest absolute Gasteiger partial charge is 0.323 e. The number of anilines is 3. The third kappa shape index (κ3) is 7.07. The molecule has 5 rings (SSSR count). The maximum absolute atomic E-state index is 12.8. The number of hydrogen-bond donors (Lipinski definition) is 3. The van der Waals surface area contributed by atoms with Gasteiger partial charge in [-0.1, -0.05) is 24.3 Å². The number of nitrogen functional groups attached to an aromatic ring is 1. The van der Waals surface area contributed by atoms with Gasteiger partial charge in [-0.3, -0.25) is 24.6 Å². The quantitative estimate of drug-likeness (QED) is 0.230. The van der Waals surface area contributed by atoms with Gasteiger partial charge in [0.15, 0.2) is 0 Å². The molecule has 5 N–H and O–H groups in total. The first-order valence-corrected chi connectivity index (χ1v) is 12.9. The molecule has 13 heteroatoms. The average molecular weight is 572 g/mol. The fourth-order valence-electron chi connectivity index (χ4n) is 4.47. The standard InChI is InChI=1S/C18H15N3O3.C11H14N4O3/c19-17-15-10-13(7-6-12(15)8-9-20-17)18(24)21(11-16(22)23)14-4-2-1-3-5-14;12-11(16)14-7-5-13(6-8-14)9-1-3-10(4-2-9)15(17)18/h1-10H,11H2,(H2,19,20)(H,22,23);1-4H,5-8H2,(H2,12,16). The number of primary amides is 1. The lowest BCUT2D eigenvalue weighted by Crippen LogP contribution is -2.50. The number of carbonyl (C=O) groups is 3. The highest BCUT2D eigenvalue weighted by Gasteiger charge is 2.21. The molecule has 0 atom stereocenters. The summed E-state index contributed by atoms with van der Waals surface area (Å²) >= 11 is 0. The van der Waals surface area contributed by atoms with Crippen molar-refractivity contribution in [2.45, 2.75) is 0 Å². The summed E-state index contributed by atoms with van der Waals surface area (Å²) in [5, 5.41) is 21.2. The van der Waals surface area contributed by atoms with Gasteiger partial charge in [-0.05, 0) is 47.9 Å². The van der Waals surface area contributed by atoms with Crippen molar-refractivity contribution in [2.75, 3.05) is 48.3 Å². The molecule has 3 aromatic carbocycles. The Morgan fingerprint density at radius 1 is 0.952 bits per heavy atom. The number of pyridine rings is 1. The van der Waals surface area contributed by atoms with Crippen LogP contribution in [0.25, 0.3) is 10.8 Å². The van der Waals surface area contributed by atoms with Crippen LogP contribution in [-0.2, 0) is 4.79 Å². The second-order valence-electron chi connectivity index (χ2n) is 9.34. The predicted molar refractivity (Wildman–Crippen MR) is 158 cm³/mol. The van der Waals surface area contributed by atoms with Crippen LogP contribution in [0, 0.1) is 10.1 Å². The third-order valence-electron chi connectivity index (χ3n) is 6.67. The number of hydrogen-bond acceptors (Lipinski definition) is 8. The third-order valence-corrected chi connectivity index (χ3v) is 6.67. The Labute approximate surface area is 240 Å². The maximum Gasteiger partial charge on any atom is 0.323 e. The number of carboxylic acid groups (broad SMARTS) is 1. The number of fused-ring (bicyclic) bond motifs is 1. The molecule has 0 bridgehead atoms. The minimum Gasteiger partial charge on any atom is -0.480 e. The van der Waals surface area contributed by atoms with E-state index in [2.05, 4.69) is 9.88 Å². The summed E-state index contributed by atoms with van der Waals surface area (Å²) in [7, 11) is 0. The largest absolute Gasteiger partial charge is 0.480 e. The first kappa shape index (κ1) is 29.3. The van der Waals surface area contributed by atoms with Gasteiger partial charge in [0.05, 0.1) is 4.92 Å². The van der Waals surface area contributed by atoms with E-state index in [0.717, 1.165) is 11.1 Å². The highest BCUT2D eigenvalue weighted by Crippen LogP contribution is 2.23. The van der Waals surface area contributed by atoms with Crippen LogP contribution in [0.15, 0.2) is 85.1 Å². The summed E-state index contributed by atoms with van der Waals surface area (Å²) in [6, 6.07) is 21.5. The second kappa shape index (κ2) is 13.1. The number of aliphatic carboxylic acids is 1. The normalized spacial score (nSPS) is 12.7. The van der Waals surface area contributed by atoms with Gasteiger partial charge >= 0.3 is 12.0 Å². The summed E-state index contributed by atoms with van der Waals surface area (Å²) in [5.74, 6) is -1.17. The minimum atomic E-state index is -1.09. The van der Waals surface area contributed by atoms with Crippen LogP contribution in [0.3, 0.4) is 0 Å². The van der Waals surface area contributed by atoms with E-state index < -0.39 is 29.4 Å². The molecule has 2 heterocycles. The fourth-order valence-corrected chi connectivity index (χ4v) is 4.47. The van der Waals surface area contributed by atoms with E-state index in [4.69, 9.17) is 16.6 Å². The van der Waals surface area contributed by atoms with E-state index in [1.807, 2.05) is 0 Å². The van der Waals surface area contributed by atoms with E-state index >= 15 is 0 Å². The Kier molecular flexibility index (Phi) is 9.12. The molecule has 1 aliphatic heterocycles. The van der Waals surface area contributed by atoms with Crippen molar-refractivity contribution in [1.29, 1.82) is 0 Å². The SMILES string of the molecule is NC(=O)N1CCN(c2ccc([N+](=O)[O-])cc2)CC1.Nc1nccc2ccc(C(=O)N(CC(=O)O)c3ccccc3)cc12. The van der Waals surface area contributed by atoms with Gasteiger partial charge in [0, 0.05) is 66.8 Å². The molecule has 1 fully saturated rings. The van der Waals surface area contributed by atoms with Crippen molar-refractivity contribution in [3.63, 3.8) is 0 Å². The summed E-state index contributed by atoms with van der Waals surface area (Å²) in [4.78, 5) is 54.0. The molecule has 1 aromatic heterocycles. The highest BCUT2D eigenvalue weighted by atomic mass is 16.6. The Bertz CT molecular complexity index is 1590. The molecule has 1 aliphatic rings. The van der Waals surface area contributed by atoms with E-state index in [1.165, 1.54) is 17.0 Å². The first-order chi connectivity index (χ1) is 20.1. The lowest BCUT2D eigenvalue weighted by Gasteiger charge is -2.35. The molecular weight excluding hydrogens is 542 g/mol. The molecule has 3 amide bonds. The van der Waals surface area contributed by atoms with Gasteiger partial charge in [0.2, 0.25) is 0 Å². The van der Waals surface area contributed by atoms with Crippen LogP contribution >= 0.6 is 0 Å². The van der Waals surface area contributed by atoms with Crippen LogP contribution in [0.2, 0.25) is 0 Å². The Morgan fingerprint density at radius 2 is 1.62 bits per heavy atom. The molecule has 4 aromatic rings. The number of non-ortho nitro benzene ring substituents is 1. The van der Waals surface area contributed by atoms with Gasteiger partial charge in [0.25, 0.3) is 11.6 Å². The zero-order valence-electron chi connectivity index (χ0n) is 22.5. The van der Waals surface area contributed by atoms with Crippen LogP contribution in [0.5, 0.6) is 0 Å². The Hall–Kier alpha value is -5.72. The Morgan fingerprint density at radius 3 is 2.21 bits per heavy atom. The summed E-state index contributed by atoms with van der Waals surface area (Å²) in [5.41, 5.74) is 12.9. The number of benzene rings is 3. The van der Waals surface area contributed by atoms with Crippen LogP contribution in [0.1, 0.15) is 10.4 Å². The van der Waals surface area contributed by atoms with Gasteiger partial charge in [-0.25, -0.2) is 9.78 Å². The number of nitro benzene ring substituents is 1. The first-order valence-electron chi connectivity index (χ1n) is 12.9. The molecule has 13 nitrogen and oxygen atoms in total. The molecule has 0 radical (unpaired) electrons. The fraction of sp³-hybridized carbons (Fsp3) is 0.172. The van der Waals surface area contributed by atoms with E-state index in [9.17, 15) is 24.5 Å². The second-order valence-corrected chi connectivity index (χ2v) is 9.34. The van der Waals surface area contributed by atoms with Crippen LogP contribution in [0.4, 0.5) is 27.7 Å².